The third-order valence-corrected chi connectivity index (χ3v) is 10.3. The zero-order valence-corrected chi connectivity index (χ0v) is 34.8. The number of ketones is 2. The van der Waals surface area contributed by atoms with E-state index in [1.807, 2.05) is 0 Å². The molecule has 277 valence electrons. The number of benzene rings is 4. The quantitative estimate of drug-likeness (QED) is 0.0939. The van der Waals surface area contributed by atoms with Gasteiger partial charge in [-0.05, 0) is 72.8 Å². The number of carbonyl (C=O) groups excluding carboxylic acids is 2. The SMILES string of the molecule is NS(=O)(=O)c1ccc(O)c(N/N=C2/C=Cc3c(Cl)ccc(Cl)c3C2=O)c1.NS(=O)(=O)c1ccc(O)c(N/N=C2/C=Cc3c(Cl)ccc(Cl)c3C2=O)c1.[Co].[Na+]. The van der Waals surface area contributed by atoms with Crippen molar-refractivity contribution in [2.24, 2.45) is 20.5 Å². The van der Waals surface area contributed by atoms with Crippen LogP contribution in [0.1, 0.15) is 31.8 Å². The largest absolute Gasteiger partial charge is 1.00 e. The van der Waals surface area contributed by atoms with E-state index in [-0.39, 0.29) is 112 Å². The summed E-state index contributed by atoms with van der Waals surface area (Å²) in [7, 11) is -7.92. The predicted molar refractivity (Wildman–Crippen MR) is 201 cm³/mol. The van der Waals surface area contributed by atoms with E-state index in [1.54, 1.807) is 24.3 Å². The first-order valence-corrected chi connectivity index (χ1v) is 18.8. The Bertz CT molecular complexity index is 2380. The van der Waals surface area contributed by atoms with E-state index in [2.05, 4.69) is 21.1 Å². The number of primary sulfonamides is 2. The summed E-state index contributed by atoms with van der Waals surface area (Å²) in [5, 5.41) is 38.8. The van der Waals surface area contributed by atoms with E-state index in [9.17, 15) is 36.6 Å². The summed E-state index contributed by atoms with van der Waals surface area (Å²) < 4.78 is 45.6. The van der Waals surface area contributed by atoms with Crippen LogP contribution in [0.25, 0.3) is 12.2 Å². The Morgan fingerprint density at radius 3 is 1.22 bits per heavy atom. The molecule has 4 aromatic rings. The van der Waals surface area contributed by atoms with Gasteiger partial charge in [-0.3, -0.25) is 20.4 Å². The van der Waals surface area contributed by atoms with Crippen LogP contribution in [0.3, 0.4) is 0 Å². The van der Waals surface area contributed by atoms with Gasteiger partial charge in [-0.25, -0.2) is 27.1 Å². The Morgan fingerprint density at radius 2 is 0.889 bits per heavy atom. The van der Waals surface area contributed by atoms with Gasteiger partial charge in [0.15, 0.2) is 0 Å². The zero-order chi connectivity index (χ0) is 38.1. The molecule has 0 bridgehead atoms. The second-order valence-corrected chi connectivity index (χ2v) is 15.4. The van der Waals surface area contributed by atoms with E-state index >= 15 is 0 Å². The molecule has 0 atom stereocenters. The van der Waals surface area contributed by atoms with Crippen LogP contribution in [0, 0.1) is 0 Å². The third kappa shape index (κ3) is 10.1. The molecule has 0 heterocycles. The van der Waals surface area contributed by atoms with Crippen LogP contribution in [0.2, 0.25) is 20.1 Å². The van der Waals surface area contributed by atoms with Crippen LogP contribution in [0.15, 0.2) is 92.8 Å². The van der Waals surface area contributed by atoms with Crippen molar-refractivity contribution < 1.29 is 83.0 Å². The van der Waals surface area contributed by atoms with Gasteiger partial charge < -0.3 is 10.2 Å². The standard InChI is InChI=1S/2C16H11Cl2N3O4S.Co.Na/c2*17-10-3-4-11(18)15-9(10)2-5-12(16(15)23)20-21-13-7-8(26(19,24)25)1-6-14(13)22;;/h2*1-7,21-22H,(H2,19,24,25);;/q;;;+1/b2*20-12-;;. The average molecular weight is 906 g/mol. The summed E-state index contributed by atoms with van der Waals surface area (Å²) in [6, 6.07) is 13.0. The van der Waals surface area contributed by atoms with Crippen molar-refractivity contribution in [1.29, 1.82) is 0 Å². The Kier molecular flexibility index (Phi) is 15.1. The Morgan fingerprint density at radius 1 is 0.556 bits per heavy atom. The van der Waals surface area contributed by atoms with Gasteiger partial charge in [0, 0.05) is 38.0 Å². The molecule has 0 saturated carbocycles. The Hall–Kier alpha value is -3.27. The van der Waals surface area contributed by atoms with Gasteiger partial charge in [-0.15, -0.1) is 0 Å². The van der Waals surface area contributed by atoms with E-state index in [1.165, 1.54) is 24.3 Å². The van der Waals surface area contributed by atoms with Crippen LogP contribution in [-0.2, 0) is 36.8 Å². The molecule has 0 aliphatic heterocycles. The van der Waals surface area contributed by atoms with Crippen LogP contribution in [-0.4, -0.2) is 50.0 Å². The molecule has 0 spiro atoms. The fourth-order valence-electron chi connectivity index (χ4n) is 4.63. The van der Waals surface area contributed by atoms with Crippen molar-refractivity contribution in [1.82, 2.24) is 0 Å². The minimum atomic E-state index is -3.96. The van der Waals surface area contributed by atoms with E-state index < -0.39 is 31.6 Å². The number of allylic oxidation sites excluding steroid dienone is 2. The molecule has 1 radical (unpaired) electrons. The summed E-state index contributed by atoms with van der Waals surface area (Å²) in [6.07, 6.45) is 6.04. The molecular formula is C32H22Cl4CoN6NaO8S2+. The van der Waals surface area contributed by atoms with E-state index in [0.717, 1.165) is 36.4 Å². The smallest absolute Gasteiger partial charge is 0.506 e. The van der Waals surface area contributed by atoms with Crippen molar-refractivity contribution in [3.05, 3.63) is 115 Å². The van der Waals surface area contributed by atoms with Gasteiger partial charge in [-0.2, -0.15) is 10.2 Å². The number of hydrazone groups is 2. The number of nitrogens with zero attached hydrogens (tertiary/aromatic N) is 2. The number of hydrogen-bond acceptors (Lipinski definition) is 12. The van der Waals surface area contributed by atoms with Crippen molar-refractivity contribution in [2.45, 2.75) is 9.79 Å². The van der Waals surface area contributed by atoms with Crippen molar-refractivity contribution >= 4 is 113 Å². The van der Waals surface area contributed by atoms with E-state index in [4.69, 9.17) is 56.7 Å². The number of rotatable bonds is 6. The number of anilines is 2. The predicted octanol–water partition coefficient (Wildman–Crippen LogP) is 3.05. The van der Waals surface area contributed by atoms with Crippen LogP contribution in [0.5, 0.6) is 11.5 Å². The molecule has 4 aromatic carbocycles. The Labute approximate surface area is 360 Å². The van der Waals surface area contributed by atoms with Crippen LogP contribution < -0.4 is 50.7 Å². The van der Waals surface area contributed by atoms with Crippen LogP contribution in [0.4, 0.5) is 11.4 Å². The molecule has 0 amide bonds. The number of halogens is 4. The molecule has 0 unspecified atom stereocenters. The fraction of sp³-hybridized carbons (Fsp3) is 0. The molecule has 14 nitrogen and oxygen atoms in total. The molecule has 0 fully saturated rings. The summed E-state index contributed by atoms with van der Waals surface area (Å²) in [6.45, 7) is 0. The summed E-state index contributed by atoms with van der Waals surface area (Å²) in [4.78, 5) is 24.7. The fourth-order valence-corrected chi connectivity index (χ4v) is 6.66. The second kappa shape index (κ2) is 18.1. The number of nitrogens with two attached hydrogens (primary N) is 2. The summed E-state index contributed by atoms with van der Waals surface area (Å²) >= 11 is 24.3. The molecule has 2 aliphatic carbocycles. The van der Waals surface area contributed by atoms with Gasteiger partial charge >= 0.3 is 29.6 Å². The number of sulfonamides is 2. The first-order chi connectivity index (χ1) is 24.4. The number of phenols is 2. The number of carbonyl (C=O) groups is 2. The number of aromatic hydroxyl groups is 2. The van der Waals surface area contributed by atoms with Gasteiger partial charge in [0.05, 0.1) is 42.3 Å². The van der Waals surface area contributed by atoms with Crippen LogP contribution >= 0.6 is 46.4 Å². The maximum Gasteiger partial charge on any atom is 1.00 e. The Balaban J connectivity index is 0.000000280. The molecule has 6 rings (SSSR count). The minimum Gasteiger partial charge on any atom is -0.506 e. The molecule has 2 aliphatic rings. The maximum absolute atomic E-state index is 12.6. The number of nitrogens with one attached hydrogen (secondary N) is 2. The summed E-state index contributed by atoms with van der Waals surface area (Å²) in [5.41, 5.74) is 6.26. The van der Waals surface area contributed by atoms with Gasteiger partial charge in [0.1, 0.15) is 22.9 Å². The molecule has 54 heavy (non-hydrogen) atoms. The maximum atomic E-state index is 12.6. The topological polar surface area (TPSA) is 244 Å². The molecule has 22 heteroatoms. The first kappa shape index (κ1) is 45.1. The molecule has 8 N–H and O–H groups in total. The average Bonchev–Trinajstić information content (AvgIpc) is 3.07. The van der Waals surface area contributed by atoms with Crippen molar-refractivity contribution in [2.75, 3.05) is 10.9 Å². The van der Waals surface area contributed by atoms with Gasteiger partial charge in [0.25, 0.3) is 0 Å². The first-order valence-electron chi connectivity index (χ1n) is 14.2. The van der Waals surface area contributed by atoms with Crippen molar-refractivity contribution in [3.63, 3.8) is 0 Å². The molecule has 0 saturated heterocycles. The van der Waals surface area contributed by atoms with E-state index in [0.29, 0.717) is 21.2 Å². The normalized spacial score (nSPS) is 14.6. The van der Waals surface area contributed by atoms with Crippen molar-refractivity contribution in [3.8, 4) is 11.5 Å². The molecular weight excluding hydrogens is 884 g/mol. The number of fused-ring (bicyclic) bond motifs is 2. The minimum absolute atomic E-state index is 0. The zero-order valence-electron chi connectivity index (χ0n) is 27.1. The second-order valence-electron chi connectivity index (χ2n) is 10.6. The number of phenolic OH excluding ortho intramolecular Hbond substituents is 2. The number of Topliss-reactive ketones (excluding diaryl/α,β-unsaturated/α-hetero) is 2. The van der Waals surface area contributed by atoms with Gasteiger partial charge in [0.2, 0.25) is 31.6 Å². The molecule has 0 aromatic heterocycles. The number of hydrogen-bond donors (Lipinski definition) is 6. The van der Waals surface area contributed by atoms with Gasteiger partial charge in [-0.1, -0.05) is 58.6 Å². The summed E-state index contributed by atoms with van der Waals surface area (Å²) in [5.74, 6) is -1.47. The monoisotopic (exact) mass is 904 g/mol. The third-order valence-electron chi connectivity index (χ3n) is 7.20.